The van der Waals surface area contributed by atoms with E-state index >= 15 is 0 Å². The summed E-state index contributed by atoms with van der Waals surface area (Å²) >= 11 is 0. The van der Waals surface area contributed by atoms with Gasteiger partial charge in [-0.15, -0.1) is 0 Å². The molecule has 3 rings (SSSR count). The van der Waals surface area contributed by atoms with E-state index in [0.717, 1.165) is 17.5 Å². The van der Waals surface area contributed by atoms with Gasteiger partial charge in [0, 0.05) is 19.8 Å². The molecule has 0 bridgehead atoms. The summed E-state index contributed by atoms with van der Waals surface area (Å²) in [5.74, 6) is 0.431. The molecule has 1 aromatic heterocycles. The summed E-state index contributed by atoms with van der Waals surface area (Å²) in [5, 5.41) is 4.90. The normalized spacial score (nSPS) is 11.3. The van der Waals surface area contributed by atoms with Crippen LogP contribution in [0.3, 0.4) is 0 Å². The molecular weight excluding hydrogens is 340 g/mol. The summed E-state index contributed by atoms with van der Waals surface area (Å²) in [6.45, 7) is 5.76. The second-order valence-electron chi connectivity index (χ2n) is 6.19. The second kappa shape index (κ2) is 9.09. The highest BCUT2D eigenvalue weighted by Gasteiger charge is 2.10. The van der Waals surface area contributed by atoms with E-state index in [-0.39, 0.29) is 5.56 Å². The number of benzene rings is 2. The fraction of sp³-hybridized carbons (Fsp3) is 0.286. The monoisotopic (exact) mass is 364 g/mol. The Kier molecular flexibility index (Phi) is 6.33. The minimum atomic E-state index is -0.0781. The average Bonchev–Trinajstić information content (AvgIpc) is 2.68. The van der Waals surface area contributed by atoms with Gasteiger partial charge in [-0.2, -0.15) is 5.10 Å². The van der Waals surface area contributed by atoms with Crippen molar-refractivity contribution in [2.75, 3.05) is 18.6 Å². The van der Waals surface area contributed by atoms with E-state index in [1.54, 1.807) is 16.8 Å². The molecule has 6 nitrogen and oxygen atoms in total. The molecule has 0 aliphatic carbocycles. The zero-order valence-electron chi connectivity index (χ0n) is 15.7. The summed E-state index contributed by atoms with van der Waals surface area (Å²) < 4.78 is 7.01. The number of aryl methyl sites for hydroxylation is 1. The van der Waals surface area contributed by atoms with E-state index in [1.807, 2.05) is 56.3 Å². The van der Waals surface area contributed by atoms with E-state index in [2.05, 4.69) is 15.5 Å². The third kappa shape index (κ3) is 4.60. The number of rotatable bonds is 8. The minimum absolute atomic E-state index is 0.0781. The van der Waals surface area contributed by atoms with E-state index in [0.29, 0.717) is 36.6 Å². The van der Waals surface area contributed by atoms with Gasteiger partial charge in [-0.1, -0.05) is 36.4 Å². The van der Waals surface area contributed by atoms with Crippen LogP contribution in [0.5, 0.6) is 0 Å². The lowest BCUT2D eigenvalue weighted by atomic mass is 10.1. The van der Waals surface area contributed by atoms with Crippen LogP contribution in [0, 0.1) is 6.92 Å². The van der Waals surface area contributed by atoms with Crippen LogP contribution in [0.25, 0.3) is 10.9 Å². The molecule has 6 heteroatoms. The predicted molar refractivity (Wildman–Crippen MR) is 110 cm³/mol. The summed E-state index contributed by atoms with van der Waals surface area (Å²) in [7, 11) is 0. The van der Waals surface area contributed by atoms with Crippen molar-refractivity contribution in [3.8, 4) is 0 Å². The Labute approximate surface area is 158 Å². The number of hydrazone groups is 1. The predicted octanol–water partition coefficient (Wildman–Crippen LogP) is 3.58. The zero-order chi connectivity index (χ0) is 19.1. The average molecular weight is 364 g/mol. The SMILES string of the molecule is CCOCCCn1c(N/N=C\c2ccccc2C)nc2ccccc2c1=O. The number of nitrogens with one attached hydrogen (secondary N) is 1. The van der Waals surface area contributed by atoms with Crippen LogP contribution in [0.1, 0.15) is 24.5 Å². The van der Waals surface area contributed by atoms with Gasteiger partial charge < -0.3 is 4.74 Å². The zero-order valence-corrected chi connectivity index (χ0v) is 15.7. The van der Waals surface area contributed by atoms with E-state index in [1.165, 1.54) is 0 Å². The largest absolute Gasteiger partial charge is 0.382 e. The molecule has 0 radical (unpaired) electrons. The molecule has 0 saturated heterocycles. The van der Waals surface area contributed by atoms with Crippen LogP contribution in [0.4, 0.5) is 5.95 Å². The van der Waals surface area contributed by atoms with Crippen molar-refractivity contribution < 1.29 is 4.74 Å². The summed E-state index contributed by atoms with van der Waals surface area (Å²) in [6, 6.07) is 15.3. The maximum Gasteiger partial charge on any atom is 0.262 e. The van der Waals surface area contributed by atoms with Gasteiger partial charge in [0.05, 0.1) is 17.1 Å². The molecule has 0 saturated carbocycles. The van der Waals surface area contributed by atoms with Gasteiger partial charge in [0.2, 0.25) is 5.95 Å². The highest BCUT2D eigenvalue weighted by Crippen LogP contribution is 2.12. The smallest absolute Gasteiger partial charge is 0.262 e. The Morgan fingerprint density at radius 1 is 1.19 bits per heavy atom. The number of para-hydroxylation sites is 1. The summed E-state index contributed by atoms with van der Waals surface area (Å²) in [4.78, 5) is 17.5. The minimum Gasteiger partial charge on any atom is -0.382 e. The third-order valence-corrected chi connectivity index (χ3v) is 4.29. The quantitative estimate of drug-likeness (QED) is 0.377. The Morgan fingerprint density at radius 2 is 1.96 bits per heavy atom. The first-order valence-electron chi connectivity index (χ1n) is 9.12. The molecule has 3 aromatic rings. The summed E-state index contributed by atoms with van der Waals surface area (Å²) in [5.41, 5.74) is 5.65. The van der Waals surface area contributed by atoms with Gasteiger partial charge in [0.15, 0.2) is 0 Å². The van der Waals surface area contributed by atoms with Crippen LogP contribution >= 0.6 is 0 Å². The fourth-order valence-electron chi connectivity index (χ4n) is 2.82. The molecule has 1 N–H and O–H groups in total. The lowest BCUT2D eigenvalue weighted by Crippen LogP contribution is -2.25. The van der Waals surface area contributed by atoms with Crippen molar-refractivity contribution in [3.05, 3.63) is 70.0 Å². The molecule has 0 aliphatic rings. The number of fused-ring (bicyclic) bond motifs is 1. The van der Waals surface area contributed by atoms with Crippen LogP contribution in [-0.4, -0.2) is 29.0 Å². The highest BCUT2D eigenvalue weighted by molar-refractivity contribution is 5.82. The molecule has 0 fully saturated rings. The van der Waals surface area contributed by atoms with Crippen molar-refractivity contribution in [2.45, 2.75) is 26.8 Å². The van der Waals surface area contributed by atoms with E-state index in [4.69, 9.17) is 4.74 Å². The molecule has 0 spiro atoms. The molecular formula is C21H24N4O2. The van der Waals surface area contributed by atoms with E-state index in [9.17, 15) is 4.79 Å². The number of anilines is 1. The Morgan fingerprint density at radius 3 is 2.78 bits per heavy atom. The van der Waals surface area contributed by atoms with Crippen molar-refractivity contribution in [3.63, 3.8) is 0 Å². The van der Waals surface area contributed by atoms with Crippen molar-refractivity contribution in [2.24, 2.45) is 5.10 Å². The third-order valence-electron chi connectivity index (χ3n) is 4.29. The standard InChI is InChI=1S/C21H24N4O2/c1-3-27-14-8-13-25-20(26)18-11-6-7-12-19(18)23-21(25)24-22-15-17-10-5-4-9-16(17)2/h4-7,9-12,15H,3,8,13-14H2,1-2H3,(H,23,24)/b22-15-. The molecule has 2 aromatic carbocycles. The van der Waals surface area contributed by atoms with Gasteiger partial charge in [-0.3, -0.25) is 9.36 Å². The fourth-order valence-corrected chi connectivity index (χ4v) is 2.82. The van der Waals surface area contributed by atoms with Gasteiger partial charge >= 0.3 is 0 Å². The van der Waals surface area contributed by atoms with Crippen LogP contribution in [0.15, 0.2) is 58.4 Å². The first-order chi connectivity index (χ1) is 13.2. The molecule has 0 aliphatic heterocycles. The van der Waals surface area contributed by atoms with Gasteiger partial charge in [0.25, 0.3) is 5.56 Å². The molecule has 27 heavy (non-hydrogen) atoms. The van der Waals surface area contributed by atoms with Crippen LogP contribution < -0.4 is 11.0 Å². The first-order valence-corrected chi connectivity index (χ1v) is 9.12. The van der Waals surface area contributed by atoms with Crippen molar-refractivity contribution in [1.82, 2.24) is 9.55 Å². The van der Waals surface area contributed by atoms with E-state index < -0.39 is 0 Å². The van der Waals surface area contributed by atoms with Gasteiger partial charge in [0.1, 0.15) is 0 Å². The Hall–Kier alpha value is -2.99. The van der Waals surface area contributed by atoms with Gasteiger partial charge in [-0.05, 0) is 43.5 Å². The maximum atomic E-state index is 12.9. The number of hydrogen-bond donors (Lipinski definition) is 1. The lowest BCUT2D eigenvalue weighted by molar-refractivity contribution is 0.141. The molecule has 140 valence electrons. The van der Waals surface area contributed by atoms with Gasteiger partial charge in [-0.25, -0.2) is 10.4 Å². The molecule has 1 heterocycles. The Bertz CT molecular complexity index is 995. The maximum absolute atomic E-state index is 12.9. The second-order valence-corrected chi connectivity index (χ2v) is 6.19. The highest BCUT2D eigenvalue weighted by atomic mass is 16.5. The molecule has 0 unspecified atom stereocenters. The van der Waals surface area contributed by atoms with Crippen molar-refractivity contribution >= 4 is 23.1 Å². The topological polar surface area (TPSA) is 68.5 Å². The first kappa shape index (κ1) is 18.8. The van der Waals surface area contributed by atoms with Crippen LogP contribution in [-0.2, 0) is 11.3 Å². The number of nitrogens with zero attached hydrogens (tertiary/aromatic N) is 3. The van der Waals surface area contributed by atoms with Crippen LogP contribution in [0.2, 0.25) is 0 Å². The lowest BCUT2D eigenvalue weighted by Gasteiger charge is -2.12. The Balaban J connectivity index is 1.89. The molecule has 0 amide bonds. The number of ether oxygens (including phenoxy) is 1. The van der Waals surface area contributed by atoms with Crippen molar-refractivity contribution in [1.29, 1.82) is 0 Å². The summed E-state index contributed by atoms with van der Waals surface area (Å²) in [6.07, 6.45) is 2.46. The number of hydrogen-bond acceptors (Lipinski definition) is 5. The molecule has 0 atom stereocenters. The number of aromatic nitrogens is 2.